The molecule has 0 saturated carbocycles. The second kappa shape index (κ2) is 9.67. The summed E-state index contributed by atoms with van der Waals surface area (Å²) in [5.74, 6) is 1.88. The first-order valence-corrected chi connectivity index (χ1v) is 14.2. The van der Waals surface area contributed by atoms with Crippen molar-refractivity contribution in [1.82, 2.24) is 0 Å². The van der Waals surface area contributed by atoms with Gasteiger partial charge >= 0.3 is 201 Å². The van der Waals surface area contributed by atoms with Crippen LogP contribution in [-0.4, -0.2) is 27.9 Å². The van der Waals surface area contributed by atoms with Gasteiger partial charge in [0.1, 0.15) is 0 Å². The molecule has 0 bridgehead atoms. The quantitative estimate of drug-likeness (QED) is 0.401. The van der Waals surface area contributed by atoms with Gasteiger partial charge in [0.05, 0.1) is 0 Å². The molecule has 4 nitrogen and oxygen atoms in total. The van der Waals surface area contributed by atoms with Gasteiger partial charge in [-0.1, -0.05) is 0 Å². The average Bonchev–Trinajstić information content (AvgIpc) is 2.89. The van der Waals surface area contributed by atoms with Crippen LogP contribution in [0, 0.1) is 0 Å². The van der Waals surface area contributed by atoms with Crippen LogP contribution in [0.1, 0.15) is 19.3 Å². The number of hydrogen-bond acceptors (Lipinski definition) is 4. The molecule has 1 heterocycles. The van der Waals surface area contributed by atoms with Gasteiger partial charge in [0, 0.05) is 0 Å². The molecule has 0 aliphatic carbocycles. The van der Waals surface area contributed by atoms with Gasteiger partial charge in [-0.05, 0) is 0 Å². The monoisotopic (exact) mass is 484 g/mol. The fourth-order valence-electron chi connectivity index (χ4n) is 4.34. The Kier molecular flexibility index (Phi) is 6.88. The Balaban J connectivity index is 2.06. The van der Waals surface area contributed by atoms with Crippen LogP contribution in [0.3, 0.4) is 0 Å². The predicted octanol–water partition coefficient (Wildman–Crippen LogP) is 5.74. The summed E-state index contributed by atoms with van der Waals surface area (Å²) in [6, 6.07) is 24.2. The maximum atomic E-state index is 8.15. The summed E-state index contributed by atoms with van der Waals surface area (Å²) in [4.78, 5) is 0. The van der Waals surface area contributed by atoms with Crippen LogP contribution in [0.5, 0.6) is 17.2 Å². The summed E-state index contributed by atoms with van der Waals surface area (Å²) in [6.07, 6.45) is 3.01. The summed E-state index contributed by atoms with van der Waals surface area (Å²) in [7, 11) is 5.00. The van der Waals surface area contributed by atoms with Gasteiger partial charge in [0.2, 0.25) is 0 Å². The van der Waals surface area contributed by atoms with Gasteiger partial charge in [-0.3, -0.25) is 0 Å². The van der Waals surface area contributed by atoms with Crippen LogP contribution in [0.15, 0.2) is 84.4 Å². The minimum absolute atomic E-state index is 0.711. The van der Waals surface area contributed by atoms with Crippen LogP contribution in [0.2, 0.25) is 0 Å². The number of halogens is 1. The minimum atomic E-state index is -3.62. The Morgan fingerprint density at radius 3 is 1.36 bits per heavy atom. The first-order chi connectivity index (χ1) is 16.0. The Morgan fingerprint density at radius 2 is 1.06 bits per heavy atom. The molecular weight excluding hydrogens is 455 g/mol. The van der Waals surface area contributed by atoms with Crippen molar-refractivity contribution in [1.29, 1.82) is 0 Å². The van der Waals surface area contributed by atoms with E-state index in [2.05, 4.69) is 42.2 Å². The van der Waals surface area contributed by atoms with Crippen molar-refractivity contribution in [3.05, 3.63) is 84.4 Å². The van der Waals surface area contributed by atoms with Gasteiger partial charge in [-0.15, -0.1) is 0 Å². The molecule has 0 radical (unpaired) electrons. The van der Waals surface area contributed by atoms with Crippen molar-refractivity contribution in [3.8, 4) is 17.2 Å². The molecule has 6 heteroatoms. The summed E-state index contributed by atoms with van der Waals surface area (Å²) in [5, 5.41) is 3.04. The van der Waals surface area contributed by atoms with Crippen molar-refractivity contribution in [2.24, 2.45) is 0 Å². The molecule has 174 valence electrons. The van der Waals surface area contributed by atoms with Crippen molar-refractivity contribution < 1.29 is 18.9 Å². The van der Waals surface area contributed by atoms with Gasteiger partial charge in [0.15, 0.2) is 0 Å². The third-order valence-corrected chi connectivity index (χ3v) is 13.0. The van der Waals surface area contributed by atoms with E-state index in [9.17, 15) is 0 Å². The Bertz CT molecular complexity index is 982. The molecule has 0 amide bonds. The molecule has 0 aromatic heterocycles. The van der Waals surface area contributed by atoms with E-state index in [1.807, 2.05) is 36.4 Å². The van der Waals surface area contributed by atoms with Crippen LogP contribution >= 0.6 is 17.2 Å². The topological polar surface area (TPSA) is 36.9 Å². The van der Waals surface area contributed by atoms with E-state index in [0.717, 1.165) is 58.2 Å². The van der Waals surface area contributed by atoms with Gasteiger partial charge in [0.25, 0.3) is 0 Å². The van der Waals surface area contributed by atoms with E-state index in [0.29, 0.717) is 6.61 Å². The zero-order valence-electron chi connectivity index (χ0n) is 19.3. The molecule has 0 atom stereocenters. The van der Waals surface area contributed by atoms with Gasteiger partial charge in [-0.25, -0.2) is 0 Å². The van der Waals surface area contributed by atoms with Crippen molar-refractivity contribution in [2.75, 3.05) is 27.9 Å². The van der Waals surface area contributed by atoms with E-state index in [1.165, 1.54) is 0 Å². The van der Waals surface area contributed by atoms with E-state index in [4.69, 9.17) is 30.2 Å². The second-order valence-electron chi connectivity index (χ2n) is 8.07. The standard InChI is InChI=1S/C27H30ClO4P/c1-29-21-7-13-25(14-8-21)33(28,20-24-6-4-5-19-32-24,26-15-9-22(30-2)10-16-26)27-17-11-23(31-3)12-18-27/h7-18,20H,4-6,19H2,1-3H3. The van der Waals surface area contributed by atoms with Crippen molar-refractivity contribution in [2.45, 2.75) is 19.3 Å². The zero-order valence-corrected chi connectivity index (χ0v) is 20.9. The normalized spacial score (nSPS) is 16.4. The fraction of sp³-hybridized carbons (Fsp3) is 0.259. The molecule has 0 spiro atoms. The Labute approximate surface area is 200 Å². The summed E-state index contributed by atoms with van der Waals surface area (Å²) in [5.41, 5.74) is 0. The molecule has 33 heavy (non-hydrogen) atoms. The van der Waals surface area contributed by atoms with Crippen LogP contribution in [0.4, 0.5) is 0 Å². The molecule has 0 N–H and O–H groups in total. The molecular formula is C27H30ClO4P. The fourth-order valence-corrected chi connectivity index (χ4v) is 9.96. The first-order valence-electron chi connectivity index (χ1n) is 11.0. The predicted molar refractivity (Wildman–Crippen MR) is 139 cm³/mol. The van der Waals surface area contributed by atoms with Crippen LogP contribution in [-0.2, 0) is 4.74 Å². The van der Waals surface area contributed by atoms with E-state index in [1.54, 1.807) is 21.3 Å². The second-order valence-corrected chi connectivity index (χ2v) is 14.1. The summed E-state index contributed by atoms with van der Waals surface area (Å²) >= 11 is 8.15. The van der Waals surface area contributed by atoms with Gasteiger partial charge < -0.3 is 0 Å². The molecule has 1 aliphatic heterocycles. The average molecular weight is 485 g/mol. The summed E-state index contributed by atoms with van der Waals surface area (Å²) in [6.45, 7) is 0.711. The molecule has 4 rings (SSSR count). The Morgan fingerprint density at radius 1 is 0.667 bits per heavy atom. The number of ether oxygens (including phenoxy) is 4. The zero-order chi connectivity index (χ0) is 23.3. The van der Waals surface area contributed by atoms with Crippen molar-refractivity contribution in [3.63, 3.8) is 0 Å². The molecule has 0 unspecified atom stereocenters. The molecule has 1 aliphatic rings. The molecule has 3 aromatic carbocycles. The molecule has 1 saturated heterocycles. The van der Waals surface area contributed by atoms with E-state index >= 15 is 0 Å². The summed E-state index contributed by atoms with van der Waals surface area (Å²) < 4.78 is 22.4. The number of methoxy groups -OCH3 is 3. The van der Waals surface area contributed by atoms with Gasteiger partial charge in [-0.2, -0.15) is 0 Å². The van der Waals surface area contributed by atoms with E-state index < -0.39 is 5.96 Å². The SMILES string of the molecule is COc1ccc(P(Cl)(C=C2CCCCO2)(c2ccc(OC)cc2)c2ccc(OC)cc2)cc1. The number of allylic oxidation sites excluding steroid dienone is 1. The van der Waals surface area contributed by atoms with Crippen LogP contribution in [0.25, 0.3) is 0 Å². The number of benzene rings is 3. The van der Waals surface area contributed by atoms with E-state index in [-0.39, 0.29) is 0 Å². The molecule has 3 aromatic rings. The van der Waals surface area contributed by atoms with Crippen LogP contribution < -0.4 is 30.1 Å². The first kappa shape index (κ1) is 23.5. The molecule has 1 fully saturated rings. The Hall–Kier alpha value is -2.68. The maximum absolute atomic E-state index is 8.15. The number of rotatable bonds is 7. The number of hydrogen-bond donors (Lipinski definition) is 0. The third kappa shape index (κ3) is 4.30. The third-order valence-electron chi connectivity index (χ3n) is 6.22. The van der Waals surface area contributed by atoms with Crippen molar-refractivity contribution >= 4 is 33.1 Å².